The quantitative estimate of drug-likeness (QED) is 0.0263. The maximum Gasteiger partial charge on any atom is 0.326 e. The second-order valence-electron chi connectivity index (χ2n) is 10.7. The molecule has 0 saturated carbocycles. The Morgan fingerprint density at radius 3 is 1.49 bits per heavy atom. The molecule has 0 aromatic heterocycles. The van der Waals surface area contributed by atoms with Gasteiger partial charge in [0, 0.05) is 48.4 Å². The fourth-order valence-corrected chi connectivity index (χ4v) is 4.95. The van der Waals surface area contributed by atoms with E-state index in [1.165, 1.54) is 44.9 Å². The fourth-order valence-electron chi connectivity index (χ4n) is 4.50. The number of amides is 2. The maximum absolute atomic E-state index is 12.2. The lowest BCUT2D eigenvalue weighted by Crippen LogP contribution is -2.41. The van der Waals surface area contributed by atoms with Crippen LogP contribution < -0.4 is 16.1 Å². The van der Waals surface area contributed by atoms with Crippen molar-refractivity contribution in [1.29, 1.82) is 0 Å². The van der Waals surface area contributed by atoms with Crippen LogP contribution in [0.4, 0.5) is 0 Å². The van der Waals surface area contributed by atoms with Crippen molar-refractivity contribution in [2.24, 2.45) is 0 Å². The molecule has 2 atom stereocenters. The number of carbonyl (C=O) groups is 5. The Hall–Kier alpha value is -1.80. The normalized spacial score (nSPS) is 12.4. The van der Waals surface area contributed by atoms with E-state index in [4.69, 9.17) is 10.3 Å². The summed E-state index contributed by atoms with van der Waals surface area (Å²) in [7, 11) is 0. The van der Waals surface area contributed by atoms with Crippen LogP contribution in [0.2, 0.25) is 0 Å². The van der Waals surface area contributed by atoms with Crippen molar-refractivity contribution in [1.82, 2.24) is 16.1 Å². The van der Waals surface area contributed by atoms with Crippen molar-refractivity contribution in [3.05, 3.63) is 0 Å². The van der Waals surface area contributed by atoms with Crippen molar-refractivity contribution in [3.8, 4) is 0 Å². The van der Waals surface area contributed by atoms with Gasteiger partial charge in [-0.25, -0.2) is 4.79 Å². The number of nitrogens with one attached hydrogen (secondary N) is 3. The van der Waals surface area contributed by atoms with E-state index in [1.54, 1.807) is 22.6 Å². The van der Waals surface area contributed by atoms with Crippen LogP contribution in [-0.4, -0.2) is 61.6 Å². The SMILES string of the molecule is O=C(O)CCCCCCCCCCCCCCCCC(=O)N[C@@H](CCC(=O)NCCCC[C@H](NO)C(=O)I)C(=O)O. The monoisotopic (exact) mass is 697 g/mol. The highest BCUT2D eigenvalue weighted by Gasteiger charge is 2.21. The Labute approximate surface area is 258 Å². The first-order valence-corrected chi connectivity index (χ1v) is 16.3. The number of hydrogen-bond acceptors (Lipinski definition) is 7. The smallest absolute Gasteiger partial charge is 0.326 e. The summed E-state index contributed by atoms with van der Waals surface area (Å²) in [6.07, 6.45) is 17.5. The molecule has 0 unspecified atom stereocenters. The number of carbonyl (C=O) groups excluding carboxylic acids is 3. The number of hydrogen-bond donors (Lipinski definition) is 6. The molecular formula is C29H52IN3O8. The molecule has 0 aromatic rings. The highest BCUT2D eigenvalue weighted by Crippen LogP contribution is 2.14. The van der Waals surface area contributed by atoms with Crippen molar-refractivity contribution >= 4 is 50.1 Å². The van der Waals surface area contributed by atoms with Crippen LogP contribution >= 0.6 is 22.6 Å². The summed E-state index contributed by atoms with van der Waals surface area (Å²) >= 11 is 1.61. The Morgan fingerprint density at radius 1 is 0.561 bits per heavy atom. The largest absolute Gasteiger partial charge is 0.481 e. The first-order chi connectivity index (χ1) is 19.7. The third-order valence-corrected chi connectivity index (χ3v) is 7.76. The van der Waals surface area contributed by atoms with Crippen molar-refractivity contribution < 1.29 is 39.4 Å². The van der Waals surface area contributed by atoms with Crippen LogP contribution in [-0.2, 0) is 24.0 Å². The van der Waals surface area contributed by atoms with Gasteiger partial charge in [-0.3, -0.25) is 19.2 Å². The van der Waals surface area contributed by atoms with Gasteiger partial charge in [0.25, 0.3) is 0 Å². The Bertz CT molecular complexity index is 754. The van der Waals surface area contributed by atoms with Gasteiger partial charge >= 0.3 is 11.9 Å². The molecule has 0 aliphatic heterocycles. The molecule has 0 rings (SSSR count). The van der Waals surface area contributed by atoms with Gasteiger partial charge in [-0.1, -0.05) is 77.0 Å². The second kappa shape index (κ2) is 27.1. The zero-order valence-electron chi connectivity index (χ0n) is 24.5. The lowest BCUT2D eigenvalue weighted by atomic mass is 10.0. The van der Waals surface area contributed by atoms with Crippen LogP contribution in [0.15, 0.2) is 0 Å². The number of carboxylic acids is 2. The van der Waals surface area contributed by atoms with Crippen LogP contribution in [0, 0.1) is 0 Å². The fraction of sp³-hybridized carbons (Fsp3) is 0.828. The third-order valence-electron chi connectivity index (χ3n) is 7.01. The molecule has 0 bridgehead atoms. The summed E-state index contributed by atoms with van der Waals surface area (Å²) in [5.41, 5.74) is 1.96. The van der Waals surface area contributed by atoms with E-state index in [0.29, 0.717) is 32.2 Å². The minimum absolute atomic E-state index is 0.0134. The summed E-state index contributed by atoms with van der Waals surface area (Å²) in [5, 5.41) is 32.1. The average Bonchev–Trinajstić information content (AvgIpc) is 2.92. The predicted octanol–water partition coefficient (Wildman–Crippen LogP) is 5.26. The molecule has 41 heavy (non-hydrogen) atoms. The predicted molar refractivity (Wildman–Crippen MR) is 165 cm³/mol. The summed E-state index contributed by atoms with van der Waals surface area (Å²) in [6, 6.07) is -1.73. The van der Waals surface area contributed by atoms with E-state index < -0.39 is 24.0 Å². The summed E-state index contributed by atoms with van der Waals surface area (Å²) in [4.78, 5) is 57.4. The molecule has 6 N–H and O–H groups in total. The summed E-state index contributed by atoms with van der Waals surface area (Å²) in [6.45, 7) is 0.384. The van der Waals surface area contributed by atoms with Gasteiger partial charge in [0.1, 0.15) is 12.1 Å². The number of rotatable bonds is 29. The molecule has 12 heteroatoms. The molecule has 2 amide bonds. The van der Waals surface area contributed by atoms with Gasteiger partial charge in [0.2, 0.25) is 15.6 Å². The van der Waals surface area contributed by atoms with E-state index in [-0.39, 0.29) is 41.3 Å². The van der Waals surface area contributed by atoms with E-state index in [1.807, 2.05) is 5.48 Å². The average molecular weight is 698 g/mol. The van der Waals surface area contributed by atoms with Gasteiger partial charge in [0.05, 0.1) is 0 Å². The number of hydroxylamine groups is 1. The molecule has 0 radical (unpaired) electrons. The maximum atomic E-state index is 12.2. The van der Waals surface area contributed by atoms with Gasteiger partial charge < -0.3 is 26.1 Å². The van der Waals surface area contributed by atoms with Crippen LogP contribution in [0.25, 0.3) is 0 Å². The lowest BCUT2D eigenvalue weighted by Gasteiger charge is -2.14. The van der Waals surface area contributed by atoms with Gasteiger partial charge in [-0.05, 0) is 38.5 Å². The van der Waals surface area contributed by atoms with E-state index in [2.05, 4.69) is 10.6 Å². The minimum Gasteiger partial charge on any atom is -0.481 e. The molecule has 0 aliphatic rings. The molecule has 0 heterocycles. The Morgan fingerprint density at radius 2 is 1.05 bits per heavy atom. The molecule has 0 aliphatic carbocycles. The molecule has 0 aromatic carbocycles. The number of halogens is 1. The number of carboxylic acid groups (broad SMARTS) is 2. The van der Waals surface area contributed by atoms with Crippen molar-refractivity contribution in [2.75, 3.05) is 6.54 Å². The van der Waals surface area contributed by atoms with Gasteiger partial charge in [-0.2, -0.15) is 5.48 Å². The van der Waals surface area contributed by atoms with Crippen LogP contribution in [0.1, 0.15) is 135 Å². The number of unbranched alkanes of at least 4 members (excludes halogenated alkanes) is 14. The van der Waals surface area contributed by atoms with Gasteiger partial charge in [0.15, 0.2) is 0 Å². The molecule has 0 saturated heterocycles. The van der Waals surface area contributed by atoms with Gasteiger partial charge in [-0.15, -0.1) is 0 Å². The molecule has 11 nitrogen and oxygen atoms in total. The molecule has 0 fully saturated rings. The van der Waals surface area contributed by atoms with E-state index in [9.17, 15) is 29.1 Å². The highest BCUT2D eigenvalue weighted by molar-refractivity contribution is 14.1. The standard InChI is InChI=1S/C29H52IN3O8/c30-28(38)23(33-41)17-15-16-22-31-25(34)21-20-24(29(39)40)32-26(35)18-13-11-9-7-5-3-1-2-4-6-8-10-12-14-19-27(36)37/h23-24,33,41H,1-22H2,(H,31,34)(H,32,35)(H,36,37)(H,39,40)/t23-,24-/m0/s1. The summed E-state index contributed by atoms with van der Waals surface area (Å²) in [5.74, 6) is -2.47. The number of aliphatic carboxylic acids is 2. The third kappa shape index (κ3) is 25.6. The zero-order chi connectivity index (χ0) is 30.7. The first kappa shape index (κ1) is 39.2. The second-order valence-corrected chi connectivity index (χ2v) is 11.7. The lowest BCUT2D eigenvalue weighted by molar-refractivity contribution is -0.142. The Kier molecular flexibility index (Phi) is 25.9. The Balaban J connectivity index is 3.73. The minimum atomic E-state index is -1.16. The van der Waals surface area contributed by atoms with Crippen molar-refractivity contribution in [2.45, 2.75) is 147 Å². The summed E-state index contributed by atoms with van der Waals surface area (Å²) < 4.78 is -0.190. The topological polar surface area (TPSA) is 182 Å². The first-order valence-electron chi connectivity index (χ1n) is 15.3. The van der Waals surface area contributed by atoms with E-state index in [0.717, 1.165) is 38.5 Å². The highest BCUT2D eigenvalue weighted by atomic mass is 127. The molecule has 238 valence electrons. The van der Waals surface area contributed by atoms with E-state index >= 15 is 0 Å². The zero-order valence-corrected chi connectivity index (χ0v) is 26.6. The van der Waals surface area contributed by atoms with Crippen LogP contribution in [0.5, 0.6) is 0 Å². The van der Waals surface area contributed by atoms with Crippen molar-refractivity contribution in [3.63, 3.8) is 0 Å². The molecule has 0 spiro atoms. The van der Waals surface area contributed by atoms with Crippen LogP contribution in [0.3, 0.4) is 0 Å². The molecular weight excluding hydrogens is 645 g/mol.